The Morgan fingerprint density at radius 2 is 2.46 bits per heavy atom. The van der Waals surface area contributed by atoms with Crippen LogP contribution in [0.4, 0.5) is 0 Å². The minimum Gasteiger partial charge on any atom is -0.276 e. The second-order valence-electron chi connectivity index (χ2n) is 3.34. The molecule has 13 heavy (non-hydrogen) atoms. The predicted octanol–water partition coefficient (Wildman–Crippen LogP) is 2.72. The molecule has 70 valence electrons. The lowest BCUT2D eigenvalue weighted by atomic mass is 9.99. The van der Waals surface area contributed by atoms with Crippen LogP contribution in [-0.2, 0) is 0 Å². The molecule has 0 amide bonds. The third-order valence-electron chi connectivity index (χ3n) is 2.52. The van der Waals surface area contributed by atoms with Gasteiger partial charge in [0.2, 0.25) is 0 Å². The first-order chi connectivity index (χ1) is 6.33. The van der Waals surface area contributed by atoms with Gasteiger partial charge in [-0.15, -0.1) is 0 Å². The van der Waals surface area contributed by atoms with Gasteiger partial charge in [-0.25, -0.2) is 0 Å². The first-order valence-corrected chi connectivity index (χ1v) is 4.61. The number of nitrogens with zero attached hydrogens (tertiary/aromatic N) is 2. The zero-order valence-electron chi connectivity index (χ0n) is 7.91. The summed E-state index contributed by atoms with van der Waals surface area (Å²) in [6.07, 6.45) is 4.75. The van der Waals surface area contributed by atoms with E-state index in [4.69, 9.17) is 0 Å². The second kappa shape index (κ2) is 3.17. The van der Waals surface area contributed by atoms with Crippen molar-refractivity contribution in [2.45, 2.75) is 26.2 Å². The van der Waals surface area contributed by atoms with Crippen molar-refractivity contribution in [1.82, 2.24) is 15.2 Å². The van der Waals surface area contributed by atoms with Crippen LogP contribution in [0.15, 0.2) is 18.5 Å². The smallest absolute Gasteiger partial charge is 0.108 e. The highest BCUT2D eigenvalue weighted by Gasteiger charge is 2.08. The van der Waals surface area contributed by atoms with Gasteiger partial charge in [-0.2, -0.15) is 5.10 Å². The number of rotatable bonds is 2. The van der Waals surface area contributed by atoms with E-state index in [1.807, 2.05) is 6.20 Å². The molecule has 3 nitrogen and oxygen atoms in total. The summed E-state index contributed by atoms with van der Waals surface area (Å²) in [5, 5.41) is 6.98. The average molecular weight is 177 g/mol. The molecule has 3 heteroatoms. The molecule has 0 saturated carbocycles. The van der Waals surface area contributed by atoms with Gasteiger partial charge < -0.3 is 0 Å². The van der Waals surface area contributed by atoms with Gasteiger partial charge in [0, 0.05) is 7.62 Å². The Morgan fingerprint density at radius 3 is 3.23 bits per heavy atom. The van der Waals surface area contributed by atoms with Crippen molar-refractivity contribution in [3.63, 3.8) is 0 Å². The molecule has 0 aromatic carbocycles. The second-order valence-corrected chi connectivity index (χ2v) is 3.34. The average Bonchev–Trinajstić information content (AvgIpc) is 2.63. The molecule has 0 bridgehead atoms. The maximum atomic E-state index is 4.22. The number of hydrogen-bond acceptors (Lipinski definition) is 2. The third-order valence-corrected chi connectivity index (χ3v) is 2.52. The summed E-state index contributed by atoms with van der Waals surface area (Å²) in [7, 11) is 0. The fourth-order valence-electron chi connectivity index (χ4n) is 1.50. The van der Waals surface area contributed by atoms with Crippen LogP contribution in [-0.4, -0.2) is 15.2 Å². The topological polar surface area (TPSA) is 41.6 Å². The van der Waals surface area contributed by atoms with E-state index in [2.05, 4.69) is 35.1 Å². The minimum absolute atomic E-state index is 0. The van der Waals surface area contributed by atoms with Crippen molar-refractivity contribution in [2.75, 3.05) is 0 Å². The Bertz CT molecular complexity index is 410. The van der Waals surface area contributed by atoms with Crippen LogP contribution in [0.3, 0.4) is 0 Å². The summed E-state index contributed by atoms with van der Waals surface area (Å²) in [6, 6.07) is 2.06. The lowest BCUT2D eigenvalue weighted by Gasteiger charge is -2.08. The molecule has 0 aliphatic rings. The zero-order chi connectivity index (χ0) is 9.26. The maximum absolute atomic E-state index is 4.22. The highest BCUT2D eigenvalue weighted by atomic mass is 15.1. The lowest BCUT2D eigenvalue weighted by Crippen LogP contribution is -1.93. The maximum Gasteiger partial charge on any atom is 0.108 e. The third kappa shape index (κ3) is 1.30. The number of hydrogen-bond donors (Lipinski definition) is 1. The summed E-state index contributed by atoms with van der Waals surface area (Å²) in [4.78, 5) is 4.22. The van der Waals surface area contributed by atoms with Crippen molar-refractivity contribution in [1.29, 1.82) is 0 Å². The first-order valence-electron chi connectivity index (χ1n) is 4.61. The minimum atomic E-state index is 0. The van der Waals surface area contributed by atoms with Crippen LogP contribution in [0.5, 0.6) is 0 Å². The fraction of sp³-hybridized carbons (Fsp3) is 0.400. The van der Waals surface area contributed by atoms with E-state index in [0.29, 0.717) is 5.92 Å². The molecule has 2 aromatic rings. The molecule has 0 fully saturated rings. The molecule has 2 rings (SSSR count). The van der Waals surface area contributed by atoms with Crippen LogP contribution in [0.25, 0.3) is 11.0 Å². The molecule has 1 unspecified atom stereocenters. The molecule has 2 heterocycles. The Kier molecular flexibility index (Phi) is 2.00. The van der Waals surface area contributed by atoms with Crippen LogP contribution in [0.2, 0.25) is 0 Å². The number of aromatic nitrogens is 3. The number of fused-ring (bicyclic) bond motifs is 1. The number of pyridine rings is 1. The summed E-state index contributed by atoms with van der Waals surface area (Å²) >= 11 is 0. The Morgan fingerprint density at radius 1 is 1.62 bits per heavy atom. The van der Waals surface area contributed by atoms with Crippen molar-refractivity contribution < 1.29 is 1.43 Å². The van der Waals surface area contributed by atoms with Crippen molar-refractivity contribution in [3.05, 3.63) is 24.0 Å². The number of H-pyrrole nitrogens is 1. The predicted molar refractivity (Wildman–Crippen MR) is 54.7 cm³/mol. The molecule has 0 saturated heterocycles. The van der Waals surface area contributed by atoms with E-state index in [1.54, 1.807) is 6.20 Å². The van der Waals surface area contributed by atoms with E-state index >= 15 is 0 Å². The molecule has 2 aromatic heterocycles. The van der Waals surface area contributed by atoms with E-state index < -0.39 is 0 Å². The van der Waals surface area contributed by atoms with Gasteiger partial charge >= 0.3 is 0 Å². The zero-order valence-corrected chi connectivity index (χ0v) is 7.91. The van der Waals surface area contributed by atoms with E-state index in [1.165, 1.54) is 5.56 Å². The highest BCUT2D eigenvalue weighted by Crippen LogP contribution is 2.23. The summed E-state index contributed by atoms with van der Waals surface area (Å²) < 4.78 is 0. The van der Waals surface area contributed by atoms with Crippen LogP contribution in [0.1, 0.15) is 33.2 Å². The first kappa shape index (κ1) is 8.23. The molecular weight excluding hydrogens is 162 g/mol. The molecule has 0 aliphatic carbocycles. The fourth-order valence-corrected chi connectivity index (χ4v) is 1.50. The molecular formula is C10H15N3. The molecule has 1 N–H and O–H groups in total. The van der Waals surface area contributed by atoms with E-state index in [0.717, 1.165) is 17.5 Å². The van der Waals surface area contributed by atoms with Crippen molar-refractivity contribution in [2.24, 2.45) is 0 Å². The summed E-state index contributed by atoms with van der Waals surface area (Å²) in [6.45, 7) is 4.41. The van der Waals surface area contributed by atoms with Gasteiger partial charge in [0.1, 0.15) is 5.52 Å². The standard InChI is InChI=1S/C10H13N3.H2/c1-3-7(2)8-4-5-11-9-6-12-13-10(8)9;/h4-7H,3H2,1-2H3,(H,12,13);1H. The van der Waals surface area contributed by atoms with E-state index in [9.17, 15) is 0 Å². The largest absolute Gasteiger partial charge is 0.276 e. The van der Waals surface area contributed by atoms with Crippen LogP contribution >= 0.6 is 0 Å². The van der Waals surface area contributed by atoms with Gasteiger partial charge in [0.25, 0.3) is 0 Å². The van der Waals surface area contributed by atoms with E-state index in [-0.39, 0.29) is 1.43 Å². The highest BCUT2D eigenvalue weighted by molar-refractivity contribution is 5.77. The van der Waals surface area contributed by atoms with Gasteiger partial charge in [0.05, 0.1) is 11.7 Å². The summed E-state index contributed by atoms with van der Waals surface area (Å²) in [5.74, 6) is 0.561. The quantitative estimate of drug-likeness (QED) is 0.766. The Labute approximate surface area is 78.7 Å². The van der Waals surface area contributed by atoms with Gasteiger partial charge in [-0.1, -0.05) is 13.8 Å². The molecule has 1 atom stereocenters. The SMILES string of the molecule is CCC(C)c1ccnc2cn[nH]c12.[HH]. The Hall–Kier alpha value is -1.38. The summed E-state index contributed by atoms with van der Waals surface area (Å²) in [5.41, 5.74) is 3.35. The molecule has 0 radical (unpaired) electrons. The van der Waals surface area contributed by atoms with Gasteiger partial charge in [-0.05, 0) is 24.0 Å². The van der Waals surface area contributed by atoms with Crippen LogP contribution < -0.4 is 0 Å². The molecule has 0 spiro atoms. The monoisotopic (exact) mass is 177 g/mol. The van der Waals surface area contributed by atoms with Gasteiger partial charge in [-0.3, -0.25) is 10.1 Å². The number of nitrogens with one attached hydrogen (secondary N) is 1. The van der Waals surface area contributed by atoms with Crippen molar-refractivity contribution >= 4 is 11.0 Å². The molecule has 0 aliphatic heterocycles. The van der Waals surface area contributed by atoms with Crippen molar-refractivity contribution in [3.8, 4) is 0 Å². The Balaban J connectivity index is 0.000000980. The normalized spacial score (nSPS) is 13.4. The lowest BCUT2D eigenvalue weighted by molar-refractivity contribution is 0.736. The van der Waals surface area contributed by atoms with Gasteiger partial charge in [0.15, 0.2) is 0 Å². The van der Waals surface area contributed by atoms with Crippen LogP contribution in [0, 0.1) is 0 Å². The number of aromatic amines is 1.